The maximum absolute atomic E-state index is 11.1. The maximum Gasteiger partial charge on any atom is 0.337 e. The normalized spacial score (nSPS) is 18.8. The number of halogens is 2. The maximum atomic E-state index is 11.1. The molecule has 0 aliphatic carbocycles. The van der Waals surface area contributed by atoms with Crippen molar-refractivity contribution in [3.05, 3.63) is 63.3 Å². The molecular weight excluding hydrogens is 419 g/mol. The Hall–Kier alpha value is -2.22. The van der Waals surface area contributed by atoms with Crippen LogP contribution in [0.5, 0.6) is 0 Å². The summed E-state index contributed by atoms with van der Waals surface area (Å²) in [5.74, 6) is -0.205. The van der Waals surface area contributed by atoms with Gasteiger partial charge in [-0.2, -0.15) is 5.10 Å². The van der Waals surface area contributed by atoms with Gasteiger partial charge in [-0.05, 0) is 29.8 Å². The zero-order chi connectivity index (χ0) is 19.8. The summed E-state index contributed by atoms with van der Waals surface area (Å²) in [6.45, 7) is 2.92. The van der Waals surface area contributed by atoms with Crippen molar-refractivity contribution >= 4 is 46.8 Å². The van der Waals surface area contributed by atoms with Gasteiger partial charge in [0, 0.05) is 33.6 Å². The first-order chi connectivity index (χ1) is 13.4. The van der Waals surface area contributed by atoms with E-state index in [2.05, 4.69) is 27.4 Å². The number of carboxylic acids is 1. The van der Waals surface area contributed by atoms with Crippen LogP contribution in [0.3, 0.4) is 0 Å². The first-order valence-electron chi connectivity index (χ1n) is 8.56. The average Bonchev–Trinajstić information content (AvgIpc) is 3.01. The molecule has 3 heterocycles. The van der Waals surface area contributed by atoms with E-state index in [9.17, 15) is 4.79 Å². The molecule has 3 N–H and O–H groups in total. The van der Waals surface area contributed by atoms with Crippen molar-refractivity contribution in [1.29, 1.82) is 0 Å². The quantitative estimate of drug-likeness (QED) is 0.530. The molecule has 144 valence electrons. The third-order valence-corrected chi connectivity index (χ3v) is 6.45. The Morgan fingerprint density at radius 2 is 2.11 bits per heavy atom. The third-order valence-electron chi connectivity index (χ3n) is 4.50. The molecule has 0 spiro atoms. The van der Waals surface area contributed by atoms with Gasteiger partial charge in [-0.25, -0.2) is 4.79 Å². The number of benzene rings is 1. The predicted molar refractivity (Wildman–Crippen MR) is 113 cm³/mol. The Labute approximate surface area is 175 Å². The van der Waals surface area contributed by atoms with Crippen molar-refractivity contribution in [2.45, 2.75) is 17.4 Å². The molecule has 2 atom stereocenters. The van der Waals surface area contributed by atoms with Gasteiger partial charge in [-0.1, -0.05) is 36.2 Å². The van der Waals surface area contributed by atoms with Gasteiger partial charge < -0.3 is 10.4 Å². The van der Waals surface area contributed by atoms with Gasteiger partial charge in [-0.3, -0.25) is 10.1 Å². The van der Waals surface area contributed by atoms with Crippen LogP contribution in [0.2, 0.25) is 10.0 Å². The molecule has 2 unspecified atom stereocenters. The number of pyridine rings is 1. The van der Waals surface area contributed by atoms with Crippen molar-refractivity contribution in [3.8, 4) is 11.4 Å². The molecule has 0 amide bonds. The molecule has 1 aliphatic rings. The van der Waals surface area contributed by atoms with Gasteiger partial charge in [0.25, 0.3) is 0 Å². The molecule has 6 nitrogen and oxygen atoms in total. The van der Waals surface area contributed by atoms with Crippen molar-refractivity contribution < 1.29 is 9.90 Å². The van der Waals surface area contributed by atoms with E-state index in [1.54, 1.807) is 23.9 Å². The molecule has 0 radical (unpaired) electrons. The molecular formula is C19H16Cl2N4O2S. The lowest BCUT2D eigenvalue weighted by Gasteiger charge is -2.20. The topological polar surface area (TPSA) is 90.9 Å². The molecule has 28 heavy (non-hydrogen) atoms. The van der Waals surface area contributed by atoms with Gasteiger partial charge in [-0.15, -0.1) is 11.8 Å². The molecule has 2 aromatic heterocycles. The number of nitrogens with one attached hydrogen (secondary N) is 2. The zero-order valence-corrected chi connectivity index (χ0v) is 17.1. The van der Waals surface area contributed by atoms with Crippen LogP contribution in [0.15, 0.2) is 36.5 Å². The largest absolute Gasteiger partial charge is 0.478 e. The molecule has 9 heteroatoms. The van der Waals surface area contributed by atoms with Gasteiger partial charge in [0.15, 0.2) is 0 Å². The molecule has 0 saturated heterocycles. The zero-order valence-electron chi connectivity index (χ0n) is 14.7. The van der Waals surface area contributed by atoms with Crippen LogP contribution in [0.25, 0.3) is 11.4 Å². The van der Waals surface area contributed by atoms with Gasteiger partial charge >= 0.3 is 5.97 Å². The van der Waals surface area contributed by atoms with Crippen LogP contribution in [-0.4, -0.2) is 38.1 Å². The van der Waals surface area contributed by atoms with E-state index in [4.69, 9.17) is 28.3 Å². The summed E-state index contributed by atoms with van der Waals surface area (Å²) < 4.78 is 0. The molecule has 0 fully saturated rings. The standard InChI is InChI=1S/C19H16Cl2N4O2S/c1-9-7-23-18-15(17(28-9)12-4-3-11(20)6-13(12)21)16(24-25-18)14-5-2-10(8-22-14)19(26)27/h2-6,8-9,17H,7H2,1H3,(H,26,27)(H2,23,24,25). The number of H-pyrrole nitrogens is 1. The van der Waals surface area contributed by atoms with Crippen LogP contribution in [0.4, 0.5) is 5.82 Å². The SMILES string of the molecule is CC1CNc2[nH]nc(-c3ccc(C(=O)O)cn3)c2C(c2ccc(Cl)cc2Cl)S1. The van der Waals surface area contributed by atoms with E-state index in [0.717, 1.165) is 23.5 Å². The highest BCUT2D eigenvalue weighted by atomic mass is 35.5. The average molecular weight is 435 g/mol. The number of nitrogens with zero attached hydrogens (tertiary/aromatic N) is 2. The lowest BCUT2D eigenvalue weighted by molar-refractivity contribution is 0.0696. The summed E-state index contributed by atoms with van der Waals surface area (Å²) in [6, 6.07) is 8.68. The first kappa shape index (κ1) is 19.1. The summed E-state index contributed by atoms with van der Waals surface area (Å²) in [6.07, 6.45) is 1.34. The van der Waals surface area contributed by atoms with E-state index in [0.29, 0.717) is 26.7 Å². The van der Waals surface area contributed by atoms with Crippen molar-refractivity contribution in [3.63, 3.8) is 0 Å². The number of hydrogen-bond acceptors (Lipinski definition) is 5. The van der Waals surface area contributed by atoms with Crippen molar-refractivity contribution in [1.82, 2.24) is 15.2 Å². The van der Waals surface area contributed by atoms with Crippen molar-refractivity contribution in [2.24, 2.45) is 0 Å². The number of carbonyl (C=O) groups is 1. The van der Waals surface area contributed by atoms with Crippen LogP contribution >= 0.6 is 35.0 Å². The number of carboxylic acid groups (broad SMARTS) is 1. The molecule has 0 saturated carbocycles. The third kappa shape index (κ3) is 3.57. The summed E-state index contributed by atoms with van der Waals surface area (Å²) in [5, 5.41) is 21.4. The Morgan fingerprint density at radius 1 is 1.29 bits per heavy atom. The first-order valence-corrected chi connectivity index (χ1v) is 10.3. The van der Waals surface area contributed by atoms with Crippen LogP contribution in [0, 0.1) is 0 Å². The smallest absolute Gasteiger partial charge is 0.337 e. The highest BCUT2D eigenvalue weighted by Gasteiger charge is 2.31. The number of rotatable bonds is 3. The number of aromatic amines is 1. The molecule has 1 aromatic carbocycles. The number of anilines is 1. The lowest BCUT2D eigenvalue weighted by Crippen LogP contribution is -2.11. The van der Waals surface area contributed by atoms with E-state index >= 15 is 0 Å². The Kier molecular flexibility index (Phi) is 5.23. The second-order valence-electron chi connectivity index (χ2n) is 6.47. The fourth-order valence-corrected chi connectivity index (χ4v) is 5.08. The molecule has 0 bridgehead atoms. The van der Waals surface area contributed by atoms with E-state index in [1.165, 1.54) is 12.3 Å². The van der Waals surface area contributed by atoms with E-state index in [-0.39, 0.29) is 10.8 Å². The second-order valence-corrected chi connectivity index (χ2v) is 8.86. The van der Waals surface area contributed by atoms with Crippen LogP contribution < -0.4 is 5.32 Å². The van der Waals surface area contributed by atoms with Crippen LogP contribution in [0.1, 0.15) is 33.7 Å². The Morgan fingerprint density at radius 3 is 2.79 bits per heavy atom. The predicted octanol–water partition coefficient (Wildman–Crippen LogP) is 5.11. The molecule has 4 rings (SSSR count). The summed E-state index contributed by atoms with van der Waals surface area (Å²) >= 11 is 14.4. The van der Waals surface area contributed by atoms with Crippen LogP contribution in [-0.2, 0) is 0 Å². The van der Waals surface area contributed by atoms with Gasteiger partial charge in [0.05, 0.1) is 16.5 Å². The van der Waals surface area contributed by atoms with Gasteiger partial charge in [0.1, 0.15) is 11.5 Å². The van der Waals surface area contributed by atoms with E-state index < -0.39 is 5.97 Å². The van der Waals surface area contributed by atoms with Gasteiger partial charge in [0.2, 0.25) is 0 Å². The van der Waals surface area contributed by atoms with Crippen molar-refractivity contribution in [2.75, 3.05) is 11.9 Å². The fraction of sp³-hybridized carbons (Fsp3) is 0.211. The Bertz CT molecular complexity index is 1040. The highest BCUT2D eigenvalue weighted by molar-refractivity contribution is 8.00. The summed E-state index contributed by atoms with van der Waals surface area (Å²) in [4.78, 5) is 15.4. The lowest BCUT2D eigenvalue weighted by atomic mass is 10.0. The minimum absolute atomic E-state index is 0.0838. The summed E-state index contributed by atoms with van der Waals surface area (Å²) in [5.41, 5.74) is 3.27. The monoisotopic (exact) mass is 434 g/mol. The van der Waals surface area contributed by atoms with E-state index in [1.807, 2.05) is 12.1 Å². The number of aromatic nitrogens is 3. The number of hydrogen-bond donors (Lipinski definition) is 3. The Balaban J connectivity index is 1.85. The minimum Gasteiger partial charge on any atom is -0.478 e. The summed E-state index contributed by atoms with van der Waals surface area (Å²) in [7, 11) is 0. The number of fused-ring (bicyclic) bond motifs is 1. The second kappa shape index (κ2) is 7.66. The fourth-order valence-electron chi connectivity index (χ4n) is 3.13. The highest BCUT2D eigenvalue weighted by Crippen LogP contribution is 2.48. The number of thioether (sulfide) groups is 1. The molecule has 1 aliphatic heterocycles. The minimum atomic E-state index is -1.02. The molecule has 3 aromatic rings. The number of aromatic carboxylic acids is 1.